The van der Waals surface area contributed by atoms with Gasteiger partial charge in [0.1, 0.15) is 0 Å². The first-order chi connectivity index (χ1) is 15.1. The molecule has 1 fully saturated rings. The van der Waals surface area contributed by atoms with Crippen molar-refractivity contribution in [1.29, 1.82) is 0 Å². The molecule has 2 amide bonds. The monoisotopic (exact) mass is 505 g/mol. The summed E-state index contributed by atoms with van der Waals surface area (Å²) in [7, 11) is -3.89. The van der Waals surface area contributed by atoms with Crippen molar-refractivity contribution in [2.24, 2.45) is 11.1 Å². The molecule has 1 aromatic rings. The number of piperidine rings is 1. The average molecular weight is 505 g/mol. The smallest absolute Gasteiger partial charge is 0.426 e. The number of nitrogens with zero attached hydrogens (tertiary/aromatic N) is 1. The number of hydrogen-bond acceptors (Lipinski definition) is 5. The fourth-order valence-corrected chi connectivity index (χ4v) is 3.70. The quantitative estimate of drug-likeness (QED) is 0.577. The number of carbonyl (C=O) groups excluding carboxylic acids is 2. The summed E-state index contributed by atoms with van der Waals surface area (Å²) in [6.45, 7) is 0.0406. The van der Waals surface area contributed by atoms with Crippen molar-refractivity contribution in [3.8, 4) is 0 Å². The van der Waals surface area contributed by atoms with Crippen LogP contribution in [0.2, 0.25) is 0 Å². The maximum Gasteiger partial charge on any atom is 0.434 e. The lowest BCUT2D eigenvalue weighted by atomic mass is 9.94. The van der Waals surface area contributed by atoms with Crippen molar-refractivity contribution in [2.45, 2.75) is 42.6 Å². The van der Waals surface area contributed by atoms with Crippen molar-refractivity contribution in [3.05, 3.63) is 29.8 Å². The van der Waals surface area contributed by atoms with E-state index < -0.39 is 40.5 Å². The van der Waals surface area contributed by atoms with Gasteiger partial charge in [-0.1, -0.05) is 0 Å². The van der Waals surface area contributed by atoms with E-state index in [9.17, 15) is 44.3 Å². The van der Waals surface area contributed by atoms with Gasteiger partial charge in [-0.05, 0) is 49.4 Å². The third-order valence-electron chi connectivity index (χ3n) is 4.97. The number of carbonyl (C=O) groups is 2. The molecule has 15 heteroatoms. The average Bonchev–Trinajstić information content (AvgIpc) is 2.70. The van der Waals surface area contributed by atoms with E-state index in [-0.39, 0.29) is 36.0 Å². The first-order valence-corrected chi connectivity index (χ1v) is 11.1. The molecule has 0 spiro atoms. The van der Waals surface area contributed by atoms with Crippen LogP contribution in [0.3, 0.4) is 0 Å². The molecule has 1 heterocycles. The van der Waals surface area contributed by atoms with Crippen LogP contribution in [-0.2, 0) is 14.8 Å². The number of rotatable bonds is 6. The minimum Gasteiger partial charge on any atom is -0.426 e. The van der Waals surface area contributed by atoms with Gasteiger partial charge in [0, 0.05) is 25.2 Å². The third-order valence-corrected chi connectivity index (χ3v) is 5.90. The lowest BCUT2D eigenvalue weighted by Gasteiger charge is -2.33. The second kappa shape index (κ2) is 10.2. The maximum absolute atomic E-state index is 12.5. The Morgan fingerprint density at radius 3 is 2.03 bits per heavy atom. The summed E-state index contributed by atoms with van der Waals surface area (Å²) in [4.78, 5) is 24.5. The van der Waals surface area contributed by atoms with Gasteiger partial charge in [0.05, 0.1) is 4.90 Å². The SMILES string of the molecule is NS(=O)(=O)c1ccc(C(=O)NCCC2CCN(C(=O)OC(C(F)(F)F)C(F)(F)F)CC2)cc1. The first kappa shape index (κ1) is 26.7. The summed E-state index contributed by atoms with van der Waals surface area (Å²) in [5.74, 6) is -0.498. The molecule has 33 heavy (non-hydrogen) atoms. The molecule has 0 unspecified atom stereocenters. The number of amides is 2. The zero-order valence-electron chi connectivity index (χ0n) is 16.9. The number of likely N-dealkylation sites (tertiary alicyclic amines) is 1. The van der Waals surface area contributed by atoms with E-state index >= 15 is 0 Å². The Morgan fingerprint density at radius 2 is 1.58 bits per heavy atom. The van der Waals surface area contributed by atoms with Gasteiger partial charge in [0.25, 0.3) is 12.0 Å². The number of benzene rings is 1. The predicted octanol–water partition coefficient (Wildman–Crippen LogP) is 2.80. The van der Waals surface area contributed by atoms with Gasteiger partial charge in [0.2, 0.25) is 10.0 Å². The Morgan fingerprint density at radius 1 is 1.06 bits per heavy atom. The molecular weight excluding hydrogens is 484 g/mol. The molecule has 0 bridgehead atoms. The molecule has 0 radical (unpaired) electrons. The summed E-state index contributed by atoms with van der Waals surface area (Å²) in [5.41, 5.74) is 0.198. The Kier molecular flexibility index (Phi) is 8.22. The summed E-state index contributed by atoms with van der Waals surface area (Å²) in [6, 6.07) is 4.94. The van der Waals surface area contributed by atoms with E-state index in [1.807, 2.05) is 0 Å². The maximum atomic E-state index is 12.5. The molecule has 3 N–H and O–H groups in total. The molecule has 8 nitrogen and oxygen atoms in total. The fraction of sp³-hybridized carbons (Fsp3) is 0.556. The minimum atomic E-state index is -5.77. The van der Waals surface area contributed by atoms with E-state index in [1.165, 1.54) is 24.3 Å². The Hall–Kier alpha value is -2.55. The highest BCUT2D eigenvalue weighted by Gasteiger charge is 2.60. The number of nitrogens with two attached hydrogens (primary N) is 1. The number of hydrogen-bond donors (Lipinski definition) is 2. The molecule has 1 aliphatic heterocycles. The Bertz CT molecular complexity index is 928. The van der Waals surface area contributed by atoms with Crippen LogP contribution in [0.25, 0.3) is 0 Å². The van der Waals surface area contributed by atoms with E-state index in [0.717, 1.165) is 4.90 Å². The number of primary sulfonamides is 1. The van der Waals surface area contributed by atoms with Gasteiger partial charge in [-0.15, -0.1) is 0 Å². The topological polar surface area (TPSA) is 119 Å². The number of sulfonamides is 1. The highest BCUT2D eigenvalue weighted by atomic mass is 32.2. The number of ether oxygens (including phenoxy) is 1. The zero-order valence-corrected chi connectivity index (χ0v) is 17.8. The predicted molar refractivity (Wildman–Crippen MR) is 101 cm³/mol. The normalized spacial score (nSPS) is 16.1. The number of halogens is 6. The Balaban J connectivity index is 1.78. The van der Waals surface area contributed by atoms with Crippen molar-refractivity contribution in [2.75, 3.05) is 19.6 Å². The standard InChI is InChI=1S/C18H21F6N3O5S/c19-17(20,21)15(18(22,23)24)32-16(29)27-9-6-11(7-10-27)5-8-26-14(28)12-1-3-13(4-2-12)33(25,30)31/h1-4,11,15H,5-10H2,(H,26,28)(H2,25,30,31). The van der Waals surface area contributed by atoms with Crippen LogP contribution >= 0.6 is 0 Å². The lowest BCUT2D eigenvalue weighted by molar-refractivity contribution is -0.308. The molecule has 0 atom stereocenters. The molecule has 0 aromatic heterocycles. The van der Waals surface area contributed by atoms with Crippen LogP contribution in [-0.4, -0.2) is 63.4 Å². The number of alkyl halides is 6. The van der Waals surface area contributed by atoms with Gasteiger partial charge in [0.15, 0.2) is 0 Å². The fourth-order valence-electron chi connectivity index (χ4n) is 3.19. The highest BCUT2D eigenvalue weighted by molar-refractivity contribution is 7.89. The summed E-state index contributed by atoms with van der Waals surface area (Å²) in [6.07, 6.45) is -16.4. The van der Waals surface area contributed by atoms with Crippen LogP contribution in [0.1, 0.15) is 29.6 Å². The molecule has 1 aliphatic rings. The second-order valence-corrected chi connectivity index (χ2v) is 8.95. The van der Waals surface area contributed by atoms with E-state index in [2.05, 4.69) is 10.1 Å². The van der Waals surface area contributed by atoms with Gasteiger partial charge >= 0.3 is 18.4 Å². The highest BCUT2D eigenvalue weighted by Crippen LogP contribution is 2.36. The van der Waals surface area contributed by atoms with Gasteiger partial charge in [-0.2, -0.15) is 26.3 Å². The van der Waals surface area contributed by atoms with Crippen molar-refractivity contribution >= 4 is 22.0 Å². The third kappa shape index (κ3) is 7.77. The number of nitrogens with one attached hydrogen (secondary N) is 1. The van der Waals surface area contributed by atoms with Crippen molar-refractivity contribution in [1.82, 2.24) is 10.2 Å². The molecular formula is C18H21F6N3O5S. The van der Waals surface area contributed by atoms with Crippen LogP contribution in [0, 0.1) is 5.92 Å². The molecule has 1 aromatic carbocycles. The summed E-state index contributed by atoms with van der Waals surface area (Å²) < 4.78 is 101. The Labute approximate surface area is 185 Å². The molecule has 186 valence electrons. The van der Waals surface area contributed by atoms with Crippen LogP contribution < -0.4 is 10.5 Å². The molecule has 0 saturated carbocycles. The zero-order chi connectivity index (χ0) is 25.0. The summed E-state index contributed by atoms with van der Waals surface area (Å²) in [5, 5.41) is 7.60. The van der Waals surface area contributed by atoms with Gasteiger partial charge in [-0.3, -0.25) is 4.79 Å². The van der Waals surface area contributed by atoms with E-state index in [4.69, 9.17) is 5.14 Å². The lowest BCUT2D eigenvalue weighted by Crippen LogP contribution is -2.49. The van der Waals surface area contributed by atoms with Crippen molar-refractivity contribution < 1.29 is 49.1 Å². The molecule has 0 aliphatic carbocycles. The van der Waals surface area contributed by atoms with Crippen molar-refractivity contribution in [3.63, 3.8) is 0 Å². The largest absolute Gasteiger partial charge is 0.434 e. The second-order valence-electron chi connectivity index (χ2n) is 7.39. The van der Waals surface area contributed by atoms with E-state index in [0.29, 0.717) is 19.3 Å². The van der Waals surface area contributed by atoms with Gasteiger partial charge in [-0.25, -0.2) is 18.4 Å². The van der Waals surface area contributed by atoms with E-state index in [1.54, 1.807) is 0 Å². The van der Waals surface area contributed by atoms with Crippen LogP contribution in [0.15, 0.2) is 29.2 Å². The van der Waals surface area contributed by atoms with Crippen LogP contribution in [0.4, 0.5) is 31.1 Å². The molecule has 2 rings (SSSR count). The minimum absolute atomic E-state index is 0.0276. The van der Waals surface area contributed by atoms with Crippen LogP contribution in [0.5, 0.6) is 0 Å². The first-order valence-electron chi connectivity index (χ1n) is 9.59. The molecule has 1 saturated heterocycles. The summed E-state index contributed by atoms with van der Waals surface area (Å²) >= 11 is 0. The van der Waals surface area contributed by atoms with Gasteiger partial charge < -0.3 is 15.0 Å².